The molecule has 7 aromatic rings. The molecular formula is C33H21F2N7. The van der Waals surface area contributed by atoms with E-state index in [0.717, 1.165) is 21.9 Å². The van der Waals surface area contributed by atoms with Crippen LogP contribution < -0.4 is 10.7 Å². The van der Waals surface area contributed by atoms with Gasteiger partial charge in [-0.15, -0.1) is 0 Å². The molecule has 7 rings (SSSR count). The molecule has 0 saturated heterocycles. The number of halogens is 2. The third kappa shape index (κ3) is 3.91. The van der Waals surface area contributed by atoms with Crippen molar-refractivity contribution in [2.75, 3.05) is 0 Å². The normalized spacial score (nSPS) is 12.2. The number of rotatable bonds is 4. The van der Waals surface area contributed by atoms with Crippen LogP contribution in [0.15, 0.2) is 65.7 Å². The lowest BCUT2D eigenvalue weighted by Crippen LogP contribution is -2.02. The van der Waals surface area contributed by atoms with Crippen LogP contribution in [-0.2, 0) is 12.8 Å². The van der Waals surface area contributed by atoms with Gasteiger partial charge in [0.2, 0.25) is 18.1 Å². The molecule has 0 bridgehead atoms. The molecule has 42 heavy (non-hydrogen) atoms. The van der Waals surface area contributed by atoms with Gasteiger partial charge in [0.25, 0.3) is 0 Å². The van der Waals surface area contributed by atoms with Gasteiger partial charge in [0, 0.05) is 45.1 Å². The maximum Gasteiger partial charge on any atom is 0.213 e. The van der Waals surface area contributed by atoms with E-state index < -0.39 is 11.9 Å². The summed E-state index contributed by atoms with van der Waals surface area (Å²) in [6.45, 7) is 3.83. The van der Waals surface area contributed by atoms with Crippen molar-refractivity contribution in [3.8, 4) is 28.4 Å². The van der Waals surface area contributed by atoms with E-state index in [-0.39, 0.29) is 5.36 Å². The molecule has 0 amide bonds. The average Bonchev–Trinajstić information content (AvgIpc) is 3.45. The van der Waals surface area contributed by atoms with E-state index in [1.807, 2.05) is 68.6 Å². The van der Waals surface area contributed by atoms with Crippen LogP contribution in [0, 0.1) is 28.8 Å². The Kier molecular flexibility index (Phi) is 5.80. The molecule has 0 atom stereocenters. The topological polar surface area (TPSA) is 112 Å². The Morgan fingerprint density at radius 3 is 1.74 bits per heavy atom. The minimum atomic E-state index is -0.556. The van der Waals surface area contributed by atoms with E-state index in [1.54, 1.807) is 0 Å². The van der Waals surface area contributed by atoms with Gasteiger partial charge in [-0.1, -0.05) is 38.1 Å². The summed E-state index contributed by atoms with van der Waals surface area (Å²) in [6.07, 6.45) is 3.08. The second kappa shape index (κ2) is 9.56. The van der Waals surface area contributed by atoms with Crippen molar-refractivity contribution in [2.45, 2.75) is 26.7 Å². The number of nitrogens with zero attached hydrogens (tertiary/aromatic N) is 6. The Bertz CT molecular complexity index is 2400. The fourth-order valence-corrected chi connectivity index (χ4v) is 5.63. The summed E-state index contributed by atoms with van der Waals surface area (Å²) in [5.41, 5.74) is 6.08. The van der Waals surface area contributed by atoms with E-state index in [1.165, 1.54) is 12.1 Å². The van der Waals surface area contributed by atoms with Crippen molar-refractivity contribution in [1.29, 1.82) is 10.7 Å². The van der Waals surface area contributed by atoms with Crippen LogP contribution in [0.2, 0.25) is 0 Å². The van der Waals surface area contributed by atoms with Crippen molar-refractivity contribution in [3.05, 3.63) is 94.7 Å². The van der Waals surface area contributed by atoms with Crippen molar-refractivity contribution in [1.82, 2.24) is 19.9 Å². The van der Waals surface area contributed by atoms with Gasteiger partial charge in [-0.3, -0.25) is 5.41 Å². The fourth-order valence-electron chi connectivity index (χ4n) is 5.63. The molecule has 0 aliphatic carbocycles. The quantitative estimate of drug-likeness (QED) is 0.202. The zero-order chi connectivity index (χ0) is 29.1. The highest BCUT2D eigenvalue weighted by molar-refractivity contribution is 6.15. The maximum atomic E-state index is 14.2. The average molecular weight is 554 g/mol. The van der Waals surface area contributed by atoms with E-state index in [0.29, 0.717) is 73.6 Å². The van der Waals surface area contributed by atoms with E-state index in [9.17, 15) is 14.0 Å². The Morgan fingerprint density at radius 1 is 0.643 bits per heavy atom. The molecular weight excluding hydrogens is 532 g/mol. The number of nitriles is 1. The summed E-state index contributed by atoms with van der Waals surface area (Å²) < 4.78 is 28.4. The van der Waals surface area contributed by atoms with E-state index in [4.69, 9.17) is 15.4 Å². The van der Waals surface area contributed by atoms with Gasteiger partial charge in [0.15, 0.2) is 0 Å². The first-order valence-corrected chi connectivity index (χ1v) is 13.5. The fraction of sp³-hybridized carbons (Fsp3) is 0.121. The molecule has 4 aromatic carbocycles. The van der Waals surface area contributed by atoms with Gasteiger partial charge in [0.1, 0.15) is 16.4 Å². The Labute approximate surface area is 237 Å². The number of fused-ring (bicyclic) bond motifs is 6. The lowest BCUT2D eigenvalue weighted by Gasteiger charge is -2.05. The number of hydrogen-bond acceptors (Lipinski definition) is 7. The molecule has 202 valence electrons. The maximum absolute atomic E-state index is 14.2. The van der Waals surface area contributed by atoms with Crippen molar-refractivity contribution in [2.24, 2.45) is 4.99 Å². The predicted molar refractivity (Wildman–Crippen MR) is 157 cm³/mol. The standard InChI is InChI=1S/C33H21F2N7/c1-3-20-9-18(13-26(34)39-20)16-5-7-22-24(11-16)28(37)32-30(22)42-33-29(38-15-36)25-12-17(6-8-23(25)31(33)41-32)19-10-21(4-2)40-27(35)14-19/h5-14,37H,3-4H2,1-2H3/b37-28?,38-29+. The number of hydrogen-bond donors (Lipinski definition) is 1. The number of aromatic nitrogens is 4. The molecule has 1 N–H and O–H groups in total. The van der Waals surface area contributed by atoms with Crippen LogP contribution in [-0.4, -0.2) is 19.9 Å². The highest BCUT2D eigenvalue weighted by Gasteiger charge is 2.19. The molecule has 3 aromatic heterocycles. The number of benzene rings is 2. The smallest absolute Gasteiger partial charge is 0.213 e. The number of nitrogens with one attached hydrogen (secondary N) is 1. The van der Waals surface area contributed by atoms with Gasteiger partial charge in [-0.05, 0) is 59.4 Å². The minimum Gasteiger partial charge on any atom is -0.298 e. The summed E-state index contributed by atoms with van der Waals surface area (Å²) in [7, 11) is 0. The van der Waals surface area contributed by atoms with Crippen LogP contribution in [0.25, 0.3) is 65.9 Å². The molecule has 0 aliphatic heterocycles. The molecule has 0 unspecified atom stereocenters. The van der Waals surface area contributed by atoms with Gasteiger partial charge >= 0.3 is 0 Å². The lowest BCUT2D eigenvalue weighted by atomic mass is 10.0. The third-order valence-corrected chi connectivity index (χ3v) is 7.68. The monoisotopic (exact) mass is 553 g/mol. The third-order valence-electron chi connectivity index (χ3n) is 7.68. The Hall–Kier alpha value is -5.49. The van der Waals surface area contributed by atoms with Crippen molar-refractivity contribution in [3.63, 3.8) is 0 Å². The zero-order valence-corrected chi connectivity index (χ0v) is 22.6. The molecule has 3 heterocycles. The Balaban J connectivity index is 1.47. The summed E-state index contributed by atoms with van der Waals surface area (Å²) in [5.74, 6) is -1.10. The van der Waals surface area contributed by atoms with Gasteiger partial charge in [-0.25, -0.2) is 19.9 Å². The molecule has 0 radical (unpaired) electrons. The first kappa shape index (κ1) is 25.5. The molecule has 0 fully saturated rings. The molecule has 0 saturated carbocycles. The van der Waals surface area contributed by atoms with Crippen LogP contribution in [0.4, 0.5) is 8.78 Å². The Morgan fingerprint density at radius 2 is 1.17 bits per heavy atom. The van der Waals surface area contributed by atoms with Crippen molar-refractivity contribution >= 4 is 43.6 Å². The predicted octanol–water partition coefficient (Wildman–Crippen LogP) is 6.35. The summed E-state index contributed by atoms with van der Waals surface area (Å²) in [6, 6.07) is 17.6. The first-order chi connectivity index (χ1) is 20.4. The summed E-state index contributed by atoms with van der Waals surface area (Å²) >= 11 is 0. The SMILES string of the molecule is CCc1cc(-c2ccc3c(c2)c(=N)c2nc4c(nc23)/c(=N/C#N)c2cc(-c3cc(F)nc(CC)c3)ccc24)cc(F)n1. The second-order valence-electron chi connectivity index (χ2n) is 10.1. The van der Waals surface area contributed by atoms with Crippen LogP contribution in [0.1, 0.15) is 25.2 Å². The summed E-state index contributed by atoms with van der Waals surface area (Å²) in [4.78, 5) is 21.7. The molecule has 0 spiro atoms. The van der Waals surface area contributed by atoms with E-state index in [2.05, 4.69) is 15.0 Å². The minimum absolute atomic E-state index is 0.214. The van der Waals surface area contributed by atoms with Gasteiger partial charge in [0.05, 0.1) is 16.4 Å². The lowest BCUT2D eigenvalue weighted by molar-refractivity contribution is 0.577. The van der Waals surface area contributed by atoms with Crippen LogP contribution in [0.5, 0.6) is 0 Å². The highest BCUT2D eigenvalue weighted by atomic mass is 19.1. The van der Waals surface area contributed by atoms with Crippen LogP contribution in [0.3, 0.4) is 0 Å². The first-order valence-electron chi connectivity index (χ1n) is 13.5. The highest BCUT2D eigenvalue weighted by Crippen LogP contribution is 2.32. The van der Waals surface area contributed by atoms with E-state index >= 15 is 0 Å². The largest absolute Gasteiger partial charge is 0.298 e. The van der Waals surface area contributed by atoms with Crippen molar-refractivity contribution < 1.29 is 8.78 Å². The molecule has 0 aliphatic rings. The molecule has 9 heteroatoms. The number of pyridine rings is 2. The number of aryl methyl sites for hydroxylation is 2. The second-order valence-corrected chi connectivity index (χ2v) is 10.1. The molecule has 7 nitrogen and oxygen atoms in total. The summed E-state index contributed by atoms with van der Waals surface area (Å²) in [5, 5.41) is 21.9. The van der Waals surface area contributed by atoms with Gasteiger partial charge < -0.3 is 0 Å². The van der Waals surface area contributed by atoms with Crippen LogP contribution >= 0.6 is 0 Å². The zero-order valence-electron chi connectivity index (χ0n) is 22.6. The van der Waals surface area contributed by atoms with Gasteiger partial charge in [-0.2, -0.15) is 19.0 Å².